The summed E-state index contributed by atoms with van der Waals surface area (Å²) in [6, 6.07) is 11.5. The van der Waals surface area contributed by atoms with Crippen LogP contribution in [0.2, 0.25) is 5.02 Å². The quantitative estimate of drug-likeness (QED) is 0.595. The summed E-state index contributed by atoms with van der Waals surface area (Å²) < 4.78 is 43.2. The maximum atomic E-state index is 13.0. The van der Waals surface area contributed by atoms with Crippen molar-refractivity contribution in [2.45, 2.75) is 10.9 Å². The fraction of sp³-hybridized carbons (Fsp3) is 0.105. The topological polar surface area (TPSA) is 98.2 Å². The number of hydrogen-bond acceptors (Lipinski definition) is 6. The standard InChI is InChI=1S/C19H15ClFN3O4S/c1-28-15-8-6-14(7-9-15)23-18(25)17-16(20)10-22-19(24-17)29(26,27)11-12-2-4-13(21)5-3-12/h2-10H,11H2,1H3,(H,23,25). The van der Waals surface area contributed by atoms with E-state index in [1.54, 1.807) is 24.3 Å². The molecule has 150 valence electrons. The molecule has 3 aromatic rings. The van der Waals surface area contributed by atoms with Crippen molar-refractivity contribution in [3.63, 3.8) is 0 Å². The van der Waals surface area contributed by atoms with Gasteiger partial charge < -0.3 is 10.1 Å². The van der Waals surface area contributed by atoms with Crippen LogP contribution in [0, 0.1) is 5.82 Å². The zero-order valence-corrected chi connectivity index (χ0v) is 16.7. The summed E-state index contributed by atoms with van der Waals surface area (Å²) in [6.07, 6.45) is 1.05. The Morgan fingerprint density at radius 3 is 2.41 bits per heavy atom. The number of sulfone groups is 1. The van der Waals surface area contributed by atoms with Gasteiger partial charge in [-0.05, 0) is 42.0 Å². The summed E-state index contributed by atoms with van der Waals surface area (Å²) in [5, 5.41) is 1.93. The van der Waals surface area contributed by atoms with Gasteiger partial charge in [0.15, 0.2) is 5.69 Å². The first-order valence-electron chi connectivity index (χ1n) is 8.23. The van der Waals surface area contributed by atoms with Crippen LogP contribution >= 0.6 is 11.6 Å². The molecule has 0 spiro atoms. The molecule has 7 nitrogen and oxygen atoms in total. The molecule has 1 heterocycles. The molecule has 0 saturated carbocycles. The highest BCUT2D eigenvalue weighted by atomic mass is 35.5. The monoisotopic (exact) mass is 435 g/mol. The van der Waals surface area contributed by atoms with E-state index in [1.807, 2.05) is 0 Å². The Labute approximate surface area is 171 Å². The van der Waals surface area contributed by atoms with Crippen molar-refractivity contribution in [2.75, 3.05) is 12.4 Å². The summed E-state index contributed by atoms with van der Waals surface area (Å²) in [5.41, 5.74) is 0.519. The predicted molar refractivity (Wildman–Crippen MR) is 105 cm³/mol. The van der Waals surface area contributed by atoms with E-state index >= 15 is 0 Å². The van der Waals surface area contributed by atoms with Crippen LogP contribution in [0.3, 0.4) is 0 Å². The van der Waals surface area contributed by atoms with E-state index in [0.29, 0.717) is 17.0 Å². The van der Waals surface area contributed by atoms with Crippen molar-refractivity contribution in [1.82, 2.24) is 9.97 Å². The van der Waals surface area contributed by atoms with E-state index in [-0.39, 0.29) is 10.7 Å². The van der Waals surface area contributed by atoms with Crippen LogP contribution in [0.15, 0.2) is 59.9 Å². The zero-order valence-electron chi connectivity index (χ0n) is 15.1. The van der Waals surface area contributed by atoms with Gasteiger partial charge in [0.1, 0.15) is 11.6 Å². The maximum Gasteiger partial charge on any atom is 0.275 e. The third-order valence-corrected chi connectivity index (χ3v) is 5.58. The third-order valence-electron chi connectivity index (χ3n) is 3.83. The Hall–Kier alpha value is -3.04. The summed E-state index contributed by atoms with van der Waals surface area (Å²) >= 11 is 5.99. The van der Waals surface area contributed by atoms with Gasteiger partial charge >= 0.3 is 0 Å². The molecule has 29 heavy (non-hydrogen) atoms. The van der Waals surface area contributed by atoms with Gasteiger partial charge in [-0.2, -0.15) is 0 Å². The van der Waals surface area contributed by atoms with Crippen molar-refractivity contribution in [3.8, 4) is 5.75 Å². The van der Waals surface area contributed by atoms with E-state index in [0.717, 1.165) is 18.3 Å². The van der Waals surface area contributed by atoms with Crippen LogP contribution < -0.4 is 10.1 Å². The van der Waals surface area contributed by atoms with Gasteiger partial charge in [-0.1, -0.05) is 23.7 Å². The second-order valence-electron chi connectivity index (χ2n) is 5.92. The molecule has 0 saturated heterocycles. The van der Waals surface area contributed by atoms with Gasteiger partial charge in [0, 0.05) is 5.69 Å². The fourth-order valence-electron chi connectivity index (χ4n) is 2.39. The molecule has 0 bridgehead atoms. The lowest BCUT2D eigenvalue weighted by Crippen LogP contribution is -2.18. The molecule has 0 unspecified atom stereocenters. The number of hydrogen-bond donors (Lipinski definition) is 1. The number of methoxy groups -OCH3 is 1. The number of nitrogens with one attached hydrogen (secondary N) is 1. The lowest BCUT2D eigenvalue weighted by Gasteiger charge is -2.09. The Kier molecular flexibility index (Phi) is 6.09. The lowest BCUT2D eigenvalue weighted by molar-refractivity contribution is 0.102. The first-order chi connectivity index (χ1) is 13.8. The molecule has 1 amide bonds. The number of aromatic nitrogens is 2. The number of halogens is 2. The molecular formula is C19H15ClFN3O4S. The van der Waals surface area contributed by atoms with Crippen LogP contribution in [0.4, 0.5) is 10.1 Å². The first-order valence-corrected chi connectivity index (χ1v) is 10.3. The van der Waals surface area contributed by atoms with E-state index in [4.69, 9.17) is 16.3 Å². The van der Waals surface area contributed by atoms with Crippen molar-refractivity contribution in [2.24, 2.45) is 0 Å². The van der Waals surface area contributed by atoms with Crippen molar-refractivity contribution < 1.29 is 22.3 Å². The average Bonchev–Trinajstić information content (AvgIpc) is 2.70. The second-order valence-corrected chi connectivity index (χ2v) is 8.21. The minimum atomic E-state index is -3.98. The molecule has 0 aliphatic carbocycles. The Morgan fingerprint density at radius 1 is 1.14 bits per heavy atom. The van der Waals surface area contributed by atoms with Crippen LogP contribution in [0.5, 0.6) is 5.75 Å². The molecule has 0 aliphatic rings. The van der Waals surface area contributed by atoms with Crippen LogP contribution in [0.25, 0.3) is 0 Å². The van der Waals surface area contributed by atoms with Gasteiger partial charge in [-0.15, -0.1) is 0 Å². The van der Waals surface area contributed by atoms with Gasteiger partial charge in [-0.25, -0.2) is 22.8 Å². The molecule has 10 heteroatoms. The fourth-order valence-corrected chi connectivity index (χ4v) is 3.77. The maximum absolute atomic E-state index is 13.0. The van der Waals surface area contributed by atoms with E-state index < -0.39 is 32.5 Å². The summed E-state index contributed by atoms with van der Waals surface area (Å²) in [7, 11) is -2.46. The number of carbonyl (C=O) groups excluding carboxylic acids is 1. The lowest BCUT2D eigenvalue weighted by atomic mass is 10.2. The number of benzene rings is 2. The summed E-state index contributed by atoms with van der Waals surface area (Å²) in [5.74, 6) is -1.02. The smallest absolute Gasteiger partial charge is 0.275 e. The Morgan fingerprint density at radius 2 is 1.79 bits per heavy atom. The molecule has 3 rings (SSSR count). The molecule has 1 N–H and O–H groups in total. The highest BCUT2D eigenvalue weighted by Gasteiger charge is 2.23. The van der Waals surface area contributed by atoms with Crippen LogP contribution in [0.1, 0.15) is 16.1 Å². The highest BCUT2D eigenvalue weighted by molar-refractivity contribution is 7.90. The summed E-state index contributed by atoms with van der Waals surface area (Å²) in [6.45, 7) is 0. The summed E-state index contributed by atoms with van der Waals surface area (Å²) in [4.78, 5) is 20.1. The van der Waals surface area contributed by atoms with Gasteiger partial charge in [-0.3, -0.25) is 4.79 Å². The highest BCUT2D eigenvalue weighted by Crippen LogP contribution is 2.20. The molecular weight excluding hydrogens is 421 g/mol. The molecule has 1 aromatic heterocycles. The molecule has 0 aliphatic heterocycles. The normalized spacial score (nSPS) is 11.1. The number of nitrogens with zero attached hydrogens (tertiary/aromatic N) is 2. The Balaban J connectivity index is 1.84. The zero-order chi connectivity index (χ0) is 21.0. The minimum Gasteiger partial charge on any atom is -0.497 e. The Bertz CT molecular complexity index is 1140. The van der Waals surface area contributed by atoms with Crippen molar-refractivity contribution in [3.05, 3.63) is 76.8 Å². The van der Waals surface area contributed by atoms with Crippen LogP contribution in [-0.2, 0) is 15.6 Å². The van der Waals surface area contributed by atoms with Crippen molar-refractivity contribution >= 4 is 33.0 Å². The average molecular weight is 436 g/mol. The number of carbonyl (C=O) groups is 1. The first kappa shape index (κ1) is 20.7. The van der Waals surface area contributed by atoms with E-state index in [2.05, 4.69) is 15.3 Å². The van der Waals surface area contributed by atoms with Gasteiger partial charge in [0.2, 0.25) is 15.0 Å². The predicted octanol–water partition coefficient (Wildman–Crippen LogP) is 3.50. The SMILES string of the molecule is COc1ccc(NC(=O)c2nc(S(=O)(=O)Cc3ccc(F)cc3)ncc2Cl)cc1. The van der Waals surface area contributed by atoms with Crippen molar-refractivity contribution in [1.29, 1.82) is 0 Å². The van der Waals surface area contributed by atoms with E-state index in [9.17, 15) is 17.6 Å². The number of rotatable bonds is 6. The van der Waals surface area contributed by atoms with E-state index in [1.165, 1.54) is 19.2 Å². The number of ether oxygens (including phenoxy) is 1. The number of anilines is 1. The van der Waals surface area contributed by atoms with Gasteiger partial charge in [0.25, 0.3) is 5.91 Å². The molecule has 0 radical (unpaired) electrons. The third kappa shape index (κ3) is 5.07. The molecule has 0 atom stereocenters. The van der Waals surface area contributed by atoms with Crippen LogP contribution in [-0.4, -0.2) is 31.4 Å². The second kappa shape index (κ2) is 8.54. The largest absolute Gasteiger partial charge is 0.497 e. The molecule has 0 fully saturated rings. The van der Waals surface area contributed by atoms with Gasteiger partial charge in [0.05, 0.1) is 24.1 Å². The minimum absolute atomic E-state index is 0.100. The molecule has 2 aromatic carbocycles. The number of amides is 1.